The highest BCUT2D eigenvalue weighted by Gasteiger charge is 2.26. The van der Waals surface area contributed by atoms with E-state index < -0.39 is 0 Å². The van der Waals surface area contributed by atoms with Crippen LogP contribution in [-0.4, -0.2) is 40.3 Å². The van der Waals surface area contributed by atoms with Crippen molar-refractivity contribution in [2.75, 3.05) is 25.0 Å². The highest BCUT2D eigenvalue weighted by atomic mass is 16.5. The van der Waals surface area contributed by atoms with Gasteiger partial charge in [-0.25, -0.2) is 4.68 Å². The van der Waals surface area contributed by atoms with E-state index in [0.29, 0.717) is 12.6 Å². The van der Waals surface area contributed by atoms with Crippen LogP contribution in [0.3, 0.4) is 0 Å². The summed E-state index contributed by atoms with van der Waals surface area (Å²) < 4.78 is 7.65. The summed E-state index contributed by atoms with van der Waals surface area (Å²) in [5.74, 6) is 2.13. The topological polar surface area (TPSA) is 59.4 Å². The van der Waals surface area contributed by atoms with Crippen LogP contribution in [0.2, 0.25) is 0 Å². The largest absolute Gasteiger partial charge is 0.494 e. The van der Waals surface area contributed by atoms with Crippen LogP contribution in [-0.2, 0) is 11.3 Å². The lowest BCUT2D eigenvalue weighted by molar-refractivity contribution is -0.119. The van der Waals surface area contributed by atoms with Gasteiger partial charge in [-0.2, -0.15) is 5.10 Å². The van der Waals surface area contributed by atoms with E-state index in [0.717, 1.165) is 56.9 Å². The van der Waals surface area contributed by atoms with Crippen molar-refractivity contribution >= 4 is 11.7 Å². The number of carbonyl (C=O) groups excluding carboxylic acids is 1. The van der Waals surface area contributed by atoms with Gasteiger partial charge in [0.05, 0.1) is 18.8 Å². The summed E-state index contributed by atoms with van der Waals surface area (Å²) in [6.07, 6.45) is 8.26. The smallest absolute Gasteiger partial charge is 0.228 e. The molecule has 1 N–H and O–H groups in total. The van der Waals surface area contributed by atoms with Crippen LogP contribution in [0.5, 0.6) is 5.75 Å². The number of hydrogen-bond acceptors (Lipinski definition) is 4. The normalized spacial score (nSPS) is 18.8. The van der Waals surface area contributed by atoms with Crippen molar-refractivity contribution in [1.29, 1.82) is 0 Å². The Labute approximate surface area is 173 Å². The second kappa shape index (κ2) is 9.44. The van der Waals surface area contributed by atoms with Gasteiger partial charge < -0.3 is 10.1 Å². The van der Waals surface area contributed by atoms with E-state index in [9.17, 15) is 4.79 Å². The number of piperidine rings is 1. The number of anilines is 1. The summed E-state index contributed by atoms with van der Waals surface area (Å²) in [4.78, 5) is 15.0. The van der Waals surface area contributed by atoms with Gasteiger partial charge in [-0.05, 0) is 50.3 Å². The molecule has 2 fully saturated rings. The predicted molar refractivity (Wildman–Crippen MR) is 114 cm³/mol. The van der Waals surface area contributed by atoms with Gasteiger partial charge in [-0.3, -0.25) is 9.69 Å². The third kappa shape index (κ3) is 4.99. The Kier molecular flexibility index (Phi) is 6.49. The Morgan fingerprint density at radius 1 is 1.17 bits per heavy atom. The van der Waals surface area contributed by atoms with Crippen molar-refractivity contribution in [3.63, 3.8) is 0 Å². The molecule has 0 atom stereocenters. The third-order valence-electron chi connectivity index (χ3n) is 6.17. The zero-order valence-corrected chi connectivity index (χ0v) is 17.3. The summed E-state index contributed by atoms with van der Waals surface area (Å²) in [7, 11) is 0. The molecule has 1 saturated heterocycles. The van der Waals surface area contributed by atoms with E-state index in [2.05, 4.69) is 33.5 Å². The van der Waals surface area contributed by atoms with E-state index in [-0.39, 0.29) is 11.8 Å². The fraction of sp³-hybridized carbons (Fsp3) is 0.565. The molecule has 1 aromatic heterocycles. The fourth-order valence-electron chi connectivity index (χ4n) is 4.60. The van der Waals surface area contributed by atoms with Crippen LogP contribution in [0.25, 0.3) is 0 Å². The first-order chi connectivity index (χ1) is 14.2. The van der Waals surface area contributed by atoms with Crippen molar-refractivity contribution in [3.05, 3.63) is 42.1 Å². The summed E-state index contributed by atoms with van der Waals surface area (Å²) in [5.41, 5.74) is 1.29. The van der Waals surface area contributed by atoms with Crippen molar-refractivity contribution in [1.82, 2.24) is 14.7 Å². The van der Waals surface area contributed by atoms with Gasteiger partial charge in [-0.15, -0.1) is 0 Å². The van der Waals surface area contributed by atoms with Crippen LogP contribution in [0.15, 0.2) is 36.5 Å². The highest BCUT2D eigenvalue weighted by molar-refractivity contribution is 5.91. The van der Waals surface area contributed by atoms with Crippen molar-refractivity contribution in [2.45, 2.75) is 58.0 Å². The first-order valence-electron chi connectivity index (χ1n) is 11.0. The average molecular weight is 397 g/mol. The maximum Gasteiger partial charge on any atom is 0.228 e. The lowest BCUT2D eigenvalue weighted by atomic mass is 10.0. The van der Waals surface area contributed by atoms with Gasteiger partial charge in [-0.1, -0.05) is 25.0 Å². The van der Waals surface area contributed by atoms with Crippen molar-refractivity contribution < 1.29 is 9.53 Å². The monoisotopic (exact) mass is 396 g/mol. The minimum atomic E-state index is 0.163. The van der Waals surface area contributed by atoms with Gasteiger partial charge in [0.1, 0.15) is 11.6 Å². The van der Waals surface area contributed by atoms with Gasteiger partial charge in [0.25, 0.3) is 0 Å². The average Bonchev–Trinajstić information content (AvgIpc) is 3.41. The number of nitrogens with zero attached hydrogens (tertiary/aromatic N) is 3. The van der Waals surface area contributed by atoms with Crippen LogP contribution < -0.4 is 10.1 Å². The molecule has 2 aliphatic rings. The van der Waals surface area contributed by atoms with E-state index in [1.54, 1.807) is 6.20 Å². The Morgan fingerprint density at radius 3 is 2.72 bits per heavy atom. The molecule has 2 heterocycles. The van der Waals surface area contributed by atoms with E-state index >= 15 is 0 Å². The second-order valence-corrected chi connectivity index (χ2v) is 8.22. The maximum atomic E-state index is 12.5. The molecule has 2 aromatic rings. The lowest BCUT2D eigenvalue weighted by Gasteiger charge is -2.32. The molecule has 0 spiro atoms. The number of likely N-dealkylation sites (tertiary alicyclic amines) is 1. The lowest BCUT2D eigenvalue weighted by Crippen LogP contribution is -2.35. The van der Waals surface area contributed by atoms with Crippen LogP contribution in [0.1, 0.15) is 57.1 Å². The zero-order valence-electron chi connectivity index (χ0n) is 17.3. The number of ether oxygens (including phenoxy) is 1. The Hall–Kier alpha value is -2.34. The molecule has 1 aliphatic carbocycles. The minimum Gasteiger partial charge on any atom is -0.494 e. The van der Waals surface area contributed by atoms with Crippen molar-refractivity contribution in [2.24, 2.45) is 5.92 Å². The number of benzene rings is 1. The molecule has 1 amide bonds. The molecule has 0 unspecified atom stereocenters. The second-order valence-electron chi connectivity index (χ2n) is 8.22. The van der Waals surface area contributed by atoms with E-state index in [4.69, 9.17) is 4.74 Å². The summed E-state index contributed by atoms with van der Waals surface area (Å²) in [6, 6.07) is 10.7. The fourth-order valence-corrected chi connectivity index (χ4v) is 4.60. The zero-order chi connectivity index (χ0) is 20.1. The van der Waals surface area contributed by atoms with Crippen molar-refractivity contribution in [3.8, 4) is 5.75 Å². The number of hydrogen-bond donors (Lipinski definition) is 1. The Morgan fingerprint density at radius 2 is 1.97 bits per heavy atom. The Bertz CT molecular complexity index is 805. The number of carbonyl (C=O) groups is 1. The molecule has 6 heteroatoms. The third-order valence-corrected chi connectivity index (χ3v) is 6.17. The van der Waals surface area contributed by atoms with Crippen LogP contribution in [0, 0.1) is 5.92 Å². The first-order valence-corrected chi connectivity index (χ1v) is 11.0. The van der Waals surface area contributed by atoms with Crippen LogP contribution >= 0.6 is 0 Å². The molecule has 156 valence electrons. The standard InChI is InChI=1S/C23H32N4O2/c1-2-29-21-9-5-6-18(16-21)17-26-14-11-20(12-15-26)27-22(10-13-24-27)25-23(28)19-7-3-4-8-19/h5-6,9-10,13,16,19-20H,2-4,7-8,11-12,14-15,17H2,1H3,(H,25,28). The molecular formula is C23H32N4O2. The van der Waals surface area contributed by atoms with Gasteiger partial charge >= 0.3 is 0 Å². The van der Waals surface area contributed by atoms with E-state index in [1.807, 2.05) is 23.7 Å². The number of aromatic nitrogens is 2. The number of amides is 1. The molecule has 1 aromatic carbocycles. The van der Waals surface area contributed by atoms with Crippen LogP contribution in [0.4, 0.5) is 5.82 Å². The minimum absolute atomic E-state index is 0.163. The number of rotatable bonds is 7. The molecule has 1 aliphatic heterocycles. The SMILES string of the molecule is CCOc1cccc(CN2CCC(n3nccc3NC(=O)C3CCCC3)CC2)c1. The summed E-state index contributed by atoms with van der Waals surface area (Å²) in [6.45, 7) is 5.70. The van der Waals surface area contributed by atoms with Gasteiger partial charge in [0.2, 0.25) is 5.91 Å². The highest BCUT2D eigenvalue weighted by Crippen LogP contribution is 2.29. The molecule has 6 nitrogen and oxygen atoms in total. The number of nitrogens with one attached hydrogen (secondary N) is 1. The molecule has 4 rings (SSSR count). The predicted octanol–water partition coefficient (Wildman–Crippen LogP) is 4.25. The quantitative estimate of drug-likeness (QED) is 0.760. The molecular weight excluding hydrogens is 364 g/mol. The molecule has 29 heavy (non-hydrogen) atoms. The van der Waals surface area contributed by atoms with Gasteiger partial charge in [0.15, 0.2) is 0 Å². The molecule has 0 bridgehead atoms. The first kappa shape index (κ1) is 20.0. The summed E-state index contributed by atoms with van der Waals surface area (Å²) >= 11 is 0. The van der Waals surface area contributed by atoms with E-state index in [1.165, 1.54) is 18.4 Å². The van der Waals surface area contributed by atoms with Gasteiger partial charge in [0, 0.05) is 31.6 Å². The molecule has 1 saturated carbocycles. The summed E-state index contributed by atoms with van der Waals surface area (Å²) in [5, 5.41) is 7.66. The molecule has 0 radical (unpaired) electrons. The Balaban J connectivity index is 1.31. The maximum absolute atomic E-state index is 12.5.